The van der Waals surface area contributed by atoms with E-state index in [1.165, 1.54) is 0 Å². The minimum Gasteiger partial charge on any atom is -0.382 e. The summed E-state index contributed by atoms with van der Waals surface area (Å²) in [5.74, 6) is 0.993. The molecule has 0 amide bonds. The van der Waals surface area contributed by atoms with Gasteiger partial charge in [0.1, 0.15) is 5.84 Å². The van der Waals surface area contributed by atoms with Crippen molar-refractivity contribution in [3.05, 3.63) is 12.7 Å². The Kier molecular flexibility index (Phi) is 5.00. The van der Waals surface area contributed by atoms with Gasteiger partial charge in [0.05, 0.1) is 5.71 Å². The fourth-order valence-corrected chi connectivity index (χ4v) is 0.672. The predicted molar refractivity (Wildman–Crippen MR) is 54.9 cm³/mol. The van der Waals surface area contributed by atoms with E-state index in [-0.39, 0.29) is 0 Å². The van der Waals surface area contributed by atoms with Crippen molar-refractivity contribution in [1.82, 2.24) is 0 Å². The highest BCUT2D eigenvalue weighted by Gasteiger charge is 1.98. The number of nitrogens with two attached hydrogens (primary N) is 1. The number of hydrogen-bond acceptors (Lipinski definition) is 2. The SMILES string of the molecule is C=CC(=NC)C(N)=NCC(C)C. The molecule has 0 aromatic heterocycles. The standard InChI is InChI=1S/C9H17N3/c1-5-8(11-4)9(10)12-6-7(2)3/h5,7H,1,6H2,2-4H3,(H2,10,12). The molecule has 0 aromatic rings. The molecule has 0 spiro atoms. The second-order valence-corrected chi connectivity index (χ2v) is 2.93. The second kappa shape index (κ2) is 5.52. The van der Waals surface area contributed by atoms with E-state index < -0.39 is 0 Å². The molecule has 12 heavy (non-hydrogen) atoms. The quantitative estimate of drug-likeness (QED) is 0.497. The number of amidine groups is 1. The van der Waals surface area contributed by atoms with E-state index >= 15 is 0 Å². The first kappa shape index (κ1) is 10.9. The summed E-state index contributed by atoms with van der Waals surface area (Å²) in [6, 6.07) is 0. The summed E-state index contributed by atoms with van der Waals surface area (Å²) < 4.78 is 0. The molecular formula is C9H17N3. The van der Waals surface area contributed by atoms with Crippen LogP contribution in [0.1, 0.15) is 13.8 Å². The van der Waals surface area contributed by atoms with Crippen LogP contribution in [0.2, 0.25) is 0 Å². The fourth-order valence-electron chi connectivity index (χ4n) is 0.672. The summed E-state index contributed by atoms with van der Waals surface area (Å²) in [5, 5.41) is 0. The minimum absolute atomic E-state index is 0.473. The maximum absolute atomic E-state index is 5.64. The summed E-state index contributed by atoms with van der Waals surface area (Å²) >= 11 is 0. The highest BCUT2D eigenvalue weighted by molar-refractivity contribution is 6.45. The van der Waals surface area contributed by atoms with Gasteiger partial charge in [-0.15, -0.1) is 0 Å². The Morgan fingerprint density at radius 2 is 2.17 bits per heavy atom. The van der Waals surface area contributed by atoms with Crippen molar-refractivity contribution < 1.29 is 0 Å². The van der Waals surface area contributed by atoms with Crippen molar-refractivity contribution in [2.45, 2.75) is 13.8 Å². The molecule has 0 aliphatic heterocycles. The molecule has 0 saturated heterocycles. The first-order chi connectivity index (χ1) is 5.61. The molecular weight excluding hydrogens is 150 g/mol. The molecule has 0 heterocycles. The van der Waals surface area contributed by atoms with Crippen molar-refractivity contribution >= 4 is 11.5 Å². The molecule has 0 fully saturated rings. The van der Waals surface area contributed by atoms with E-state index in [1.807, 2.05) is 0 Å². The van der Waals surface area contributed by atoms with E-state index in [0.717, 1.165) is 6.54 Å². The number of rotatable bonds is 4. The topological polar surface area (TPSA) is 50.7 Å². The zero-order chi connectivity index (χ0) is 9.56. The molecule has 0 saturated carbocycles. The van der Waals surface area contributed by atoms with E-state index in [9.17, 15) is 0 Å². The van der Waals surface area contributed by atoms with Gasteiger partial charge in [0.25, 0.3) is 0 Å². The highest BCUT2D eigenvalue weighted by atomic mass is 14.9. The van der Waals surface area contributed by atoms with Gasteiger partial charge in [-0.1, -0.05) is 20.4 Å². The van der Waals surface area contributed by atoms with Gasteiger partial charge in [-0.2, -0.15) is 0 Å². The number of aliphatic imine (C=N–C) groups is 2. The zero-order valence-corrected chi connectivity index (χ0v) is 8.04. The first-order valence-electron chi connectivity index (χ1n) is 4.01. The van der Waals surface area contributed by atoms with Crippen LogP contribution in [0, 0.1) is 5.92 Å². The molecule has 0 radical (unpaired) electrons. The van der Waals surface area contributed by atoms with Gasteiger partial charge in [-0.3, -0.25) is 9.98 Å². The average Bonchev–Trinajstić information content (AvgIpc) is 2.03. The highest BCUT2D eigenvalue weighted by Crippen LogP contribution is 1.92. The molecule has 2 N–H and O–H groups in total. The lowest BCUT2D eigenvalue weighted by Crippen LogP contribution is -2.23. The summed E-state index contributed by atoms with van der Waals surface area (Å²) in [6.07, 6.45) is 1.61. The summed E-state index contributed by atoms with van der Waals surface area (Å²) in [6.45, 7) is 8.50. The molecule has 0 rings (SSSR count). The first-order valence-corrected chi connectivity index (χ1v) is 4.01. The third kappa shape index (κ3) is 3.91. The van der Waals surface area contributed by atoms with Crippen LogP contribution in [0.15, 0.2) is 22.6 Å². The van der Waals surface area contributed by atoms with Crippen LogP contribution in [0.3, 0.4) is 0 Å². The monoisotopic (exact) mass is 167 g/mol. The smallest absolute Gasteiger partial charge is 0.144 e. The molecule has 0 unspecified atom stereocenters. The maximum atomic E-state index is 5.64. The summed E-state index contributed by atoms with van der Waals surface area (Å²) in [5.41, 5.74) is 6.30. The third-order valence-corrected chi connectivity index (χ3v) is 1.32. The molecule has 3 heteroatoms. The zero-order valence-electron chi connectivity index (χ0n) is 8.04. The Morgan fingerprint density at radius 3 is 2.50 bits per heavy atom. The Morgan fingerprint density at radius 1 is 1.58 bits per heavy atom. The van der Waals surface area contributed by atoms with Crippen LogP contribution < -0.4 is 5.73 Å². The van der Waals surface area contributed by atoms with Crippen molar-refractivity contribution in [2.75, 3.05) is 13.6 Å². The Bertz CT molecular complexity index is 202. The van der Waals surface area contributed by atoms with Crippen molar-refractivity contribution in [3.8, 4) is 0 Å². The van der Waals surface area contributed by atoms with Crippen LogP contribution in [0.25, 0.3) is 0 Å². The number of nitrogens with zero attached hydrogens (tertiary/aromatic N) is 2. The largest absolute Gasteiger partial charge is 0.382 e. The second-order valence-electron chi connectivity index (χ2n) is 2.93. The molecule has 3 nitrogen and oxygen atoms in total. The summed E-state index contributed by atoms with van der Waals surface area (Å²) in [4.78, 5) is 8.09. The van der Waals surface area contributed by atoms with E-state index in [2.05, 4.69) is 30.4 Å². The van der Waals surface area contributed by atoms with Crippen LogP contribution in [0.4, 0.5) is 0 Å². The van der Waals surface area contributed by atoms with E-state index in [4.69, 9.17) is 5.73 Å². The fraction of sp³-hybridized carbons (Fsp3) is 0.556. The minimum atomic E-state index is 0.473. The van der Waals surface area contributed by atoms with E-state index in [1.54, 1.807) is 13.1 Å². The molecule has 68 valence electrons. The molecule has 0 bridgehead atoms. The van der Waals surface area contributed by atoms with Crippen LogP contribution >= 0.6 is 0 Å². The molecule has 0 atom stereocenters. The van der Waals surface area contributed by atoms with Gasteiger partial charge in [0.2, 0.25) is 0 Å². The Hall–Kier alpha value is -1.12. The van der Waals surface area contributed by atoms with Crippen LogP contribution in [0.5, 0.6) is 0 Å². The van der Waals surface area contributed by atoms with Crippen LogP contribution in [-0.2, 0) is 0 Å². The van der Waals surface area contributed by atoms with Gasteiger partial charge in [0.15, 0.2) is 0 Å². The van der Waals surface area contributed by atoms with Gasteiger partial charge in [-0.25, -0.2) is 0 Å². The van der Waals surface area contributed by atoms with Crippen LogP contribution in [-0.4, -0.2) is 25.1 Å². The predicted octanol–water partition coefficient (Wildman–Crippen LogP) is 1.26. The van der Waals surface area contributed by atoms with E-state index in [0.29, 0.717) is 17.5 Å². The van der Waals surface area contributed by atoms with Gasteiger partial charge in [-0.05, 0) is 12.0 Å². The Labute approximate surface area is 74.1 Å². The van der Waals surface area contributed by atoms with Crippen molar-refractivity contribution in [3.63, 3.8) is 0 Å². The number of hydrogen-bond donors (Lipinski definition) is 1. The van der Waals surface area contributed by atoms with Gasteiger partial charge < -0.3 is 5.73 Å². The normalized spacial score (nSPS) is 13.7. The Balaban J connectivity index is 4.25. The molecule has 0 aliphatic rings. The molecule has 0 aromatic carbocycles. The molecule has 0 aliphatic carbocycles. The lowest BCUT2D eigenvalue weighted by molar-refractivity contribution is 0.666. The van der Waals surface area contributed by atoms with Crippen molar-refractivity contribution in [2.24, 2.45) is 21.6 Å². The summed E-state index contributed by atoms with van der Waals surface area (Å²) in [7, 11) is 1.68. The third-order valence-electron chi connectivity index (χ3n) is 1.32. The lowest BCUT2D eigenvalue weighted by atomic mass is 10.2. The van der Waals surface area contributed by atoms with Crippen molar-refractivity contribution in [1.29, 1.82) is 0 Å². The maximum Gasteiger partial charge on any atom is 0.144 e. The lowest BCUT2D eigenvalue weighted by Gasteiger charge is -2.01. The van der Waals surface area contributed by atoms with Gasteiger partial charge in [0, 0.05) is 13.6 Å². The van der Waals surface area contributed by atoms with Gasteiger partial charge >= 0.3 is 0 Å². The average molecular weight is 167 g/mol.